The maximum Gasteiger partial charge on any atom is 0.325 e. The van der Waals surface area contributed by atoms with E-state index in [9.17, 15) is 33.3 Å². The number of nitro benzene ring substituents is 1. The van der Waals surface area contributed by atoms with Gasteiger partial charge in [-0.3, -0.25) is 24.6 Å². The van der Waals surface area contributed by atoms with Crippen LogP contribution in [0.4, 0.5) is 25.0 Å². The molecule has 1 fully saturated rings. The number of carbonyl (C=O) groups is 3. The molecule has 0 saturated carbocycles. The molecular weight excluding hydrogens is 426 g/mol. The molecule has 3 rings (SSSR count). The molecule has 2 N–H and O–H groups in total. The number of amides is 4. The zero-order chi connectivity index (χ0) is 23.5. The van der Waals surface area contributed by atoms with Crippen LogP contribution < -0.4 is 10.6 Å². The highest BCUT2D eigenvalue weighted by atomic mass is 19.1. The fourth-order valence-electron chi connectivity index (χ4n) is 3.51. The van der Waals surface area contributed by atoms with E-state index in [1.165, 1.54) is 24.3 Å². The molecule has 0 aromatic heterocycles. The molecular formula is C21H20F2N4O5. The number of anilines is 1. The highest BCUT2D eigenvalue weighted by Crippen LogP contribution is 2.34. The van der Waals surface area contributed by atoms with Crippen molar-refractivity contribution in [2.75, 3.05) is 11.9 Å². The summed E-state index contributed by atoms with van der Waals surface area (Å²) in [5, 5.41) is 15.6. The summed E-state index contributed by atoms with van der Waals surface area (Å²) in [5.74, 6) is -3.04. The first kappa shape index (κ1) is 22.8. The number of unbranched alkanes of at least 4 members (excludes halogenated alkanes) is 1. The van der Waals surface area contributed by atoms with Crippen molar-refractivity contribution in [3.8, 4) is 0 Å². The lowest BCUT2D eigenvalue weighted by Crippen LogP contribution is -2.44. The molecule has 0 spiro atoms. The first-order chi connectivity index (χ1) is 15.2. The first-order valence-electron chi connectivity index (χ1n) is 9.82. The van der Waals surface area contributed by atoms with Crippen molar-refractivity contribution >= 4 is 29.2 Å². The average molecular weight is 446 g/mol. The van der Waals surface area contributed by atoms with Gasteiger partial charge in [0.1, 0.15) is 23.7 Å². The van der Waals surface area contributed by atoms with Crippen molar-refractivity contribution < 1.29 is 28.1 Å². The SMILES string of the molecule is CCCCC1(c2ccc(F)cc2)NC(=O)N(CC(=O)Nc2cc([N+](=O)[O-])ccc2F)C1=O. The zero-order valence-corrected chi connectivity index (χ0v) is 17.1. The van der Waals surface area contributed by atoms with Gasteiger partial charge in [-0.25, -0.2) is 13.6 Å². The Morgan fingerprint density at radius 2 is 1.88 bits per heavy atom. The summed E-state index contributed by atoms with van der Waals surface area (Å²) < 4.78 is 27.3. The maximum absolute atomic E-state index is 13.9. The maximum atomic E-state index is 13.9. The van der Waals surface area contributed by atoms with E-state index in [4.69, 9.17) is 0 Å². The van der Waals surface area contributed by atoms with Gasteiger partial charge in [0.15, 0.2) is 0 Å². The van der Waals surface area contributed by atoms with Gasteiger partial charge in [0.05, 0.1) is 10.6 Å². The van der Waals surface area contributed by atoms with Gasteiger partial charge in [0.2, 0.25) is 5.91 Å². The number of urea groups is 1. The van der Waals surface area contributed by atoms with E-state index < -0.39 is 57.9 Å². The van der Waals surface area contributed by atoms with E-state index >= 15 is 0 Å². The van der Waals surface area contributed by atoms with Crippen LogP contribution in [0.1, 0.15) is 31.7 Å². The molecule has 0 bridgehead atoms. The Labute approximate surface area is 181 Å². The van der Waals surface area contributed by atoms with Crippen LogP contribution in [0.2, 0.25) is 0 Å². The second-order valence-electron chi connectivity index (χ2n) is 7.31. The summed E-state index contributed by atoms with van der Waals surface area (Å²) in [4.78, 5) is 49.0. The van der Waals surface area contributed by atoms with Crippen molar-refractivity contribution in [3.63, 3.8) is 0 Å². The quantitative estimate of drug-likeness (QED) is 0.365. The number of rotatable bonds is 8. The second kappa shape index (κ2) is 9.08. The van der Waals surface area contributed by atoms with E-state index in [-0.39, 0.29) is 6.42 Å². The van der Waals surface area contributed by atoms with Crippen LogP contribution in [-0.4, -0.2) is 34.2 Å². The molecule has 0 aliphatic carbocycles. The molecule has 11 heteroatoms. The molecule has 32 heavy (non-hydrogen) atoms. The monoisotopic (exact) mass is 446 g/mol. The largest absolute Gasteiger partial charge is 0.325 e. The highest BCUT2D eigenvalue weighted by molar-refractivity contribution is 6.10. The van der Waals surface area contributed by atoms with Crippen molar-refractivity contribution in [1.29, 1.82) is 0 Å². The standard InChI is InChI=1S/C21H20F2N4O5/c1-2-3-10-21(13-4-6-14(22)7-5-13)19(29)26(20(30)25-21)12-18(28)24-17-11-15(27(31)32)8-9-16(17)23/h4-9,11H,2-3,10,12H2,1H3,(H,24,28)(H,25,30). The minimum Gasteiger partial charge on any atom is -0.322 e. The predicted octanol–water partition coefficient (Wildman–Crippen LogP) is 3.45. The predicted molar refractivity (Wildman–Crippen MR) is 110 cm³/mol. The molecule has 1 unspecified atom stereocenters. The van der Waals surface area contributed by atoms with E-state index in [1.807, 2.05) is 6.92 Å². The fourth-order valence-corrected chi connectivity index (χ4v) is 3.51. The molecule has 1 aliphatic heterocycles. The van der Waals surface area contributed by atoms with E-state index in [0.29, 0.717) is 16.9 Å². The summed E-state index contributed by atoms with van der Waals surface area (Å²) in [6.07, 6.45) is 1.53. The van der Waals surface area contributed by atoms with Gasteiger partial charge in [-0.05, 0) is 30.2 Å². The van der Waals surface area contributed by atoms with E-state index in [0.717, 1.165) is 24.6 Å². The number of imide groups is 1. The van der Waals surface area contributed by atoms with Crippen LogP contribution in [0.25, 0.3) is 0 Å². The number of benzene rings is 2. The number of nitrogens with zero attached hydrogens (tertiary/aromatic N) is 2. The molecule has 4 amide bonds. The molecule has 1 saturated heterocycles. The lowest BCUT2D eigenvalue weighted by molar-refractivity contribution is -0.384. The Hall–Kier alpha value is -3.89. The summed E-state index contributed by atoms with van der Waals surface area (Å²) in [5.41, 5.74) is -1.98. The molecule has 2 aromatic rings. The third kappa shape index (κ3) is 4.41. The topological polar surface area (TPSA) is 122 Å². The zero-order valence-electron chi connectivity index (χ0n) is 17.1. The Morgan fingerprint density at radius 1 is 1.19 bits per heavy atom. The Kier molecular flexibility index (Phi) is 6.47. The number of nitrogens with one attached hydrogen (secondary N) is 2. The molecule has 168 valence electrons. The molecule has 9 nitrogen and oxygen atoms in total. The van der Waals surface area contributed by atoms with Gasteiger partial charge in [-0.15, -0.1) is 0 Å². The lowest BCUT2D eigenvalue weighted by Gasteiger charge is -2.27. The number of non-ortho nitro benzene ring substituents is 1. The van der Waals surface area contributed by atoms with Gasteiger partial charge in [0.25, 0.3) is 11.6 Å². The van der Waals surface area contributed by atoms with Gasteiger partial charge in [-0.1, -0.05) is 31.9 Å². The fraction of sp³-hybridized carbons (Fsp3) is 0.286. The Balaban J connectivity index is 1.83. The van der Waals surface area contributed by atoms with Crippen LogP contribution in [0.5, 0.6) is 0 Å². The van der Waals surface area contributed by atoms with Crippen LogP contribution >= 0.6 is 0 Å². The minimum atomic E-state index is -1.46. The normalized spacial score (nSPS) is 17.9. The number of carbonyl (C=O) groups excluding carboxylic acids is 3. The summed E-state index contributed by atoms with van der Waals surface area (Å²) in [6, 6.07) is 6.90. The van der Waals surface area contributed by atoms with Crippen molar-refractivity contribution in [2.45, 2.75) is 31.7 Å². The molecule has 1 atom stereocenters. The number of halogens is 2. The van der Waals surface area contributed by atoms with Crippen LogP contribution in [-0.2, 0) is 15.1 Å². The van der Waals surface area contributed by atoms with Crippen molar-refractivity contribution in [1.82, 2.24) is 10.2 Å². The number of nitro groups is 1. The van der Waals surface area contributed by atoms with Gasteiger partial charge < -0.3 is 10.6 Å². The molecule has 2 aromatic carbocycles. The third-order valence-corrected chi connectivity index (χ3v) is 5.15. The number of hydrogen-bond acceptors (Lipinski definition) is 5. The Bertz CT molecular complexity index is 1080. The third-order valence-electron chi connectivity index (χ3n) is 5.15. The smallest absolute Gasteiger partial charge is 0.322 e. The molecule has 0 radical (unpaired) electrons. The van der Waals surface area contributed by atoms with Crippen LogP contribution in [0.15, 0.2) is 42.5 Å². The molecule has 1 aliphatic rings. The van der Waals surface area contributed by atoms with Gasteiger partial charge in [-0.2, -0.15) is 0 Å². The molecule has 1 heterocycles. The lowest BCUT2D eigenvalue weighted by atomic mass is 9.85. The van der Waals surface area contributed by atoms with Gasteiger partial charge >= 0.3 is 6.03 Å². The first-order valence-corrected chi connectivity index (χ1v) is 9.82. The van der Waals surface area contributed by atoms with Crippen LogP contribution in [0, 0.1) is 21.7 Å². The van der Waals surface area contributed by atoms with E-state index in [2.05, 4.69) is 10.6 Å². The second-order valence-corrected chi connectivity index (χ2v) is 7.31. The average Bonchev–Trinajstić information content (AvgIpc) is 2.99. The highest BCUT2D eigenvalue weighted by Gasteiger charge is 2.52. The summed E-state index contributed by atoms with van der Waals surface area (Å²) in [7, 11) is 0. The number of hydrogen-bond donors (Lipinski definition) is 2. The summed E-state index contributed by atoms with van der Waals surface area (Å²) >= 11 is 0. The summed E-state index contributed by atoms with van der Waals surface area (Å²) in [6.45, 7) is 1.17. The van der Waals surface area contributed by atoms with Crippen molar-refractivity contribution in [3.05, 3.63) is 69.8 Å². The minimum absolute atomic E-state index is 0.233. The van der Waals surface area contributed by atoms with Gasteiger partial charge in [0, 0.05) is 12.1 Å². The van der Waals surface area contributed by atoms with Crippen molar-refractivity contribution in [2.24, 2.45) is 0 Å². The van der Waals surface area contributed by atoms with E-state index in [1.54, 1.807) is 0 Å². The van der Waals surface area contributed by atoms with Crippen LogP contribution in [0.3, 0.4) is 0 Å². The Morgan fingerprint density at radius 3 is 2.50 bits per heavy atom.